The molecule has 0 radical (unpaired) electrons. The van der Waals surface area contributed by atoms with E-state index in [1.807, 2.05) is 42.5 Å². The molecule has 228 valence electrons. The molecule has 0 fully saturated rings. The van der Waals surface area contributed by atoms with Gasteiger partial charge >= 0.3 is 0 Å². The van der Waals surface area contributed by atoms with Crippen molar-refractivity contribution in [3.05, 3.63) is 99.3 Å². The van der Waals surface area contributed by atoms with Crippen LogP contribution in [0, 0.1) is 5.82 Å². The van der Waals surface area contributed by atoms with E-state index in [2.05, 4.69) is 9.88 Å². The van der Waals surface area contributed by atoms with E-state index in [1.165, 1.54) is 17.4 Å². The second-order valence-corrected chi connectivity index (χ2v) is 11.0. The summed E-state index contributed by atoms with van der Waals surface area (Å²) in [5, 5.41) is 2.58. The van der Waals surface area contributed by atoms with Gasteiger partial charge in [0.15, 0.2) is 23.0 Å². The van der Waals surface area contributed by atoms with Crippen molar-refractivity contribution in [2.75, 3.05) is 48.6 Å². The van der Waals surface area contributed by atoms with E-state index in [0.29, 0.717) is 73.3 Å². The molecule has 1 aromatic heterocycles. The number of ether oxygens (including phenoxy) is 4. The third-order valence-corrected chi connectivity index (χ3v) is 8.01. The van der Waals surface area contributed by atoms with E-state index in [1.54, 1.807) is 57.9 Å². The quantitative estimate of drug-likeness (QED) is 0.167. The number of methoxy groups -OCH3 is 4. The first-order valence-corrected chi connectivity index (χ1v) is 14.8. The first-order chi connectivity index (χ1) is 20.8. The number of amides is 1. The summed E-state index contributed by atoms with van der Waals surface area (Å²) in [6.07, 6.45) is 1.37. The number of halogens is 1. The summed E-state index contributed by atoms with van der Waals surface area (Å²) in [6, 6.07) is 18.4. The molecule has 0 atom stereocenters. The summed E-state index contributed by atoms with van der Waals surface area (Å²) in [4.78, 5) is 21.7. The maximum absolute atomic E-state index is 14.6. The molecule has 0 saturated heterocycles. The Labute approximate surface area is 256 Å². The molecule has 0 aliphatic carbocycles. The number of carbonyl (C=O) groups excluding carboxylic acids is 1. The number of aromatic nitrogens is 1. The molecule has 10 heteroatoms. The summed E-state index contributed by atoms with van der Waals surface area (Å²) >= 11 is 1.43. The Balaban J connectivity index is 1.42. The van der Waals surface area contributed by atoms with Crippen LogP contribution in [-0.4, -0.2) is 69.3 Å². The predicted molar refractivity (Wildman–Crippen MR) is 166 cm³/mol. The topological polar surface area (TPSA) is 73.4 Å². The van der Waals surface area contributed by atoms with E-state index < -0.39 is 0 Å². The number of hydrogen-bond donors (Lipinski definition) is 0. The number of rotatable bonds is 15. The summed E-state index contributed by atoms with van der Waals surface area (Å²) in [6.45, 7) is 2.06. The lowest BCUT2D eigenvalue weighted by Crippen LogP contribution is -2.29. The van der Waals surface area contributed by atoms with Gasteiger partial charge in [-0.05, 0) is 54.3 Å². The maximum Gasteiger partial charge on any atom is 0.273 e. The number of nitrogens with zero attached hydrogens (tertiary/aromatic N) is 3. The first-order valence-electron chi connectivity index (χ1n) is 13.9. The molecule has 0 N–H and O–H groups in total. The van der Waals surface area contributed by atoms with Crippen LogP contribution in [-0.2, 0) is 25.9 Å². The van der Waals surface area contributed by atoms with Crippen LogP contribution < -0.4 is 18.9 Å². The van der Waals surface area contributed by atoms with E-state index in [0.717, 1.165) is 16.1 Å². The van der Waals surface area contributed by atoms with Crippen molar-refractivity contribution < 1.29 is 28.1 Å². The number of thiazole rings is 1. The van der Waals surface area contributed by atoms with Gasteiger partial charge in [-0.25, -0.2) is 9.37 Å². The van der Waals surface area contributed by atoms with Gasteiger partial charge in [0, 0.05) is 37.6 Å². The van der Waals surface area contributed by atoms with Crippen molar-refractivity contribution in [2.45, 2.75) is 25.9 Å². The molecule has 0 bridgehead atoms. The summed E-state index contributed by atoms with van der Waals surface area (Å²) in [5.74, 6) is 2.27. The Morgan fingerprint density at radius 3 is 1.95 bits per heavy atom. The zero-order valence-electron chi connectivity index (χ0n) is 25.3. The number of likely N-dealkylation sites (N-methyl/N-ethyl adjacent to an activating group) is 1. The minimum atomic E-state index is -0.246. The highest BCUT2D eigenvalue weighted by Crippen LogP contribution is 2.29. The van der Waals surface area contributed by atoms with Crippen LogP contribution in [0.4, 0.5) is 4.39 Å². The van der Waals surface area contributed by atoms with Gasteiger partial charge in [-0.1, -0.05) is 30.3 Å². The zero-order valence-corrected chi connectivity index (χ0v) is 26.1. The van der Waals surface area contributed by atoms with Gasteiger partial charge in [0.2, 0.25) is 0 Å². The Kier molecular flexibility index (Phi) is 11.4. The Morgan fingerprint density at radius 2 is 1.37 bits per heavy atom. The number of benzene rings is 3. The van der Waals surface area contributed by atoms with Crippen LogP contribution in [0.5, 0.6) is 23.0 Å². The second kappa shape index (κ2) is 15.4. The SMILES string of the molecule is COc1ccc(CCN(Cc2nc(C(=O)N(C)CCc3ccc(OC)c(OC)c3)cs2)Cc2ccccc2F)cc1OC. The monoisotopic (exact) mass is 607 g/mol. The van der Waals surface area contributed by atoms with Crippen molar-refractivity contribution in [2.24, 2.45) is 0 Å². The van der Waals surface area contributed by atoms with Crippen molar-refractivity contribution in [3.63, 3.8) is 0 Å². The molecule has 0 saturated carbocycles. The largest absolute Gasteiger partial charge is 0.493 e. The van der Waals surface area contributed by atoms with Crippen LogP contribution in [0.3, 0.4) is 0 Å². The lowest BCUT2D eigenvalue weighted by Gasteiger charge is -2.22. The van der Waals surface area contributed by atoms with Gasteiger partial charge in [-0.15, -0.1) is 11.3 Å². The van der Waals surface area contributed by atoms with Gasteiger partial charge in [-0.2, -0.15) is 0 Å². The Hall–Kier alpha value is -4.15. The normalized spacial score (nSPS) is 11.0. The average Bonchev–Trinajstić information content (AvgIpc) is 3.51. The fraction of sp³-hybridized carbons (Fsp3) is 0.333. The van der Waals surface area contributed by atoms with Gasteiger partial charge in [0.25, 0.3) is 5.91 Å². The van der Waals surface area contributed by atoms with Crippen LogP contribution >= 0.6 is 11.3 Å². The molecule has 3 aromatic carbocycles. The van der Waals surface area contributed by atoms with Crippen LogP contribution in [0.15, 0.2) is 66.0 Å². The molecule has 1 amide bonds. The number of hydrogen-bond acceptors (Lipinski definition) is 8. The first kappa shape index (κ1) is 31.8. The molecule has 0 aliphatic rings. The summed E-state index contributed by atoms with van der Waals surface area (Å²) in [5.41, 5.74) is 3.12. The van der Waals surface area contributed by atoms with E-state index in [4.69, 9.17) is 18.9 Å². The molecule has 43 heavy (non-hydrogen) atoms. The van der Waals surface area contributed by atoms with Crippen molar-refractivity contribution in [3.8, 4) is 23.0 Å². The fourth-order valence-electron chi connectivity index (χ4n) is 4.71. The Morgan fingerprint density at radius 1 is 0.791 bits per heavy atom. The molecular weight excluding hydrogens is 569 g/mol. The lowest BCUT2D eigenvalue weighted by molar-refractivity contribution is 0.0791. The summed E-state index contributed by atoms with van der Waals surface area (Å²) < 4.78 is 36.1. The van der Waals surface area contributed by atoms with Gasteiger partial charge in [0.05, 0.1) is 35.0 Å². The Bertz CT molecular complexity index is 1510. The minimum Gasteiger partial charge on any atom is -0.493 e. The lowest BCUT2D eigenvalue weighted by atomic mass is 10.1. The molecular formula is C33H38FN3O5S. The third kappa shape index (κ3) is 8.46. The summed E-state index contributed by atoms with van der Waals surface area (Å²) in [7, 11) is 8.20. The highest BCUT2D eigenvalue weighted by molar-refractivity contribution is 7.09. The smallest absolute Gasteiger partial charge is 0.273 e. The highest BCUT2D eigenvalue weighted by Gasteiger charge is 2.18. The molecule has 4 aromatic rings. The van der Waals surface area contributed by atoms with E-state index in [9.17, 15) is 9.18 Å². The predicted octanol–water partition coefficient (Wildman–Crippen LogP) is 5.88. The van der Waals surface area contributed by atoms with Crippen molar-refractivity contribution in [1.29, 1.82) is 0 Å². The van der Waals surface area contributed by atoms with Gasteiger partial charge in [0.1, 0.15) is 16.5 Å². The van der Waals surface area contributed by atoms with E-state index >= 15 is 0 Å². The molecule has 0 spiro atoms. The standard InChI is InChI=1S/C33H38FN3O5S/c1-36(16-14-23-10-12-28(39-2)30(18-23)41-4)33(38)27-22-43-32(35-27)21-37(20-25-8-6-7-9-26(25)34)17-15-24-11-13-29(40-3)31(19-24)42-5/h6-13,18-19,22H,14-17,20-21H2,1-5H3. The molecule has 4 rings (SSSR count). The van der Waals surface area contributed by atoms with E-state index in [-0.39, 0.29) is 11.7 Å². The fourth-order valence-corrected chi connectivity index (χ4v) is 5.52. The van der Waals surface area contributed by atoms with Crippen molar-refractivity contribution >= 4 is 17.2 Å². The molecule has 0 unspecified atom stereocenters. The van der Waals surface area contributed by atoms with Gasteiger partial charge < -0.3 is 23.8 Å². The maximum atomic E-state index is 14.6. The minimum absolute atomic E-state index is 0.144. The third-order valence-electron chi connectivity index (χ3n) is 7.18. The molecule has 8 nitrogen and oxygen atoms in total. The zero-order chi connectivity index (χ0) is 30.8. The van der Waals surface area contributed by atoms with Crippen LogP contribution in [0.2, 0.25) is 0 Å². The molecule has 0 aliphatic heterocycles. The average molecular weight is 608 g/mol. The second-order valence-electron chi connectivity index (χ2n) is 10.0. The van der Waals surface area contributed by atoms with Gasteiger partial charge in [-0.3, -0.25) is 9.69 Å². The highest BCUT2D eigenvalue weighted by atomic mass is 32.1. The van der Waals surface area contributed by atoms with Crippen LogP contribution in [0.25, 0.3) is 0 Å². The number of carbonyl (C=O) groups is 1. The molecule has 1 heterocycles. The van der Waals surface area contributed by atoms with Crippen molar-refractivity contribution in [1.82, 2.24) is 14.8 Å². The van der Waals surface area contributed by atoms with Crippen LogP contribution in [0.1, 0.15) is 32.2 Å².